The van der Waals surface area contributed by atoms with Crippen molar-refractivity contribution in [3.8, 4) is 0 Å². The Morgan fingerprint density at radius 2 is 2.05 bits per heavy atom. The number of nitrogens with one attached hydrogen (secondary N) is 1. The van der Waals surface area contributed by atoms with Gasteiger partial charge in [0.1, 0.15) is 5.60 Å². The molecule has 1 N–H and O–H groups in total. The number of piperidine rings is 1. The Morgan fingerprint density at radius 1 is 1.40 bits per heavy atom. The first-order valence-corrected chi connectivity index (χ1v) is 8.66. The van der Waals surface area contributed by atoms with Gasteiger partial charge in [-0.05, 0) is 96.5 Å². The summed E-state index contributed by atoms with van der Waals surface area (Å²) < 4.78 is 7.61. The fraction of sp³-hybridized carbons (Fsp3) is 0.533. The molecule has 1 aromatic rings. The van der Waals surface area contributed by atoms with E-state index in [-0.39, 0.29) is 5.97 Å². The molecule has 1 heterocycles. The standard InChI is InChI=1S/C15H19BrINO2/c1-15(2,10-5-7-18-8-6-10)20-14(19)12-9-11(17)3-4-13(12)16/h3-4,9-10,18H,5-8H2,1-2H3. The molecule has 1 aromatic carbocycles. The Morgan fingerprint density at radius 3 is 2.70 bits per heavy atom. The fourth-order valence-electron chi connectivity index (χ4n) is 2.55. The smallest absolute Gasteiger partial charge is 0.339 e. The summed E-state index contributed by atoms with van der Waals surface area (Å²) in [5.74, 6) is 0.160. The number of carbonyl (C=O) groups is 1. The van der Waals surface area contributed by atoms with Gasteiger partial charge in [-0.1, -0.05) is 0 Å². The highest BCUT2D eigenvalue weighted by atomic mass is 127. The highest BCUT2D eigenvalue weighted by Gasteiger charge is 2.34. The van der Waals surface area contributed by atoms with Crippen LogP contribution in [0, 0.1) is 9.49 Å². The van der Waals surface area contributed by atoms with Crippen molar-refractivity contribution in [1.82, 2.24) is 5.32 Å². The molecule has 110 valence electrons. The van der Waals surface area contributed by atoms with Crippen molar-refractivity contribution in [2.75, 3.05) is 13.1 Å². The topological polar surface area (TPSA) is 38.3 Å². The first kappa shape index (κ1) is 16.2. The number of benzene rings is 1. The van der Waals surface area contributed by atoms with Gasteiger partial charge in [0.25, 0.3) is 0 Å². The molecule has 1 aliphatic rings. The van der Waals surface area contributed by atoms with Gasteiger partial charge in [0, 0.05) is 14.0 Å². The van der Waals surface area contributed by atoms with Crippen LogP contribution in [0.3, 0.4) is 0 Å². The van der Waals surface area contributed by atoms with Crippen LogP contribution in [0.1, 0.15) is 37.0 Å². The van der Waals surface area contributed by atoms with Crippen molar-refractivity contribution in [3.05, 3.63) is 31.8 Å². The highest BCUT2D eigenvalue weighted by Crippen LogP contribution is 2.31. The van der Waals surface area contributed by atoms with Gasteiger partial charge in [-0.3, -0.25) is 0 Å². The fourth-order valence-corrected chi connectivity index (χ4v) is 3.45. The molecule has 0 atom stereocenters. The van der Waals surface area contributed by atoms with Crippen LogP contribution >= 0.6 is 38.5 Å². The summed E-state index contributed by atoms with van der Waals surface area (Å²) >= 11 is 5.62. The number of ether oxygens (including phenoxy) is 1. The Balaban J connectivity index is 2.11. The number of carbonyl (C=O) groups excluding carboxylic acids is 1. The zero-order chi connectivity index (χ0) is 14.8. The Bertz CT molecular complexity index is 499. The van der Waals surface area contributed by atoms with Crippen molar-refractivity contribution in [3.63, 3.8) is 0 Å². The summed E-state index contributed by atoms with van der Waals surface area (Å²) in [7, 11) is 0. The zero-order valence-corrected chi connectivity index (χ0v) is 15.5. The third kappa shape index (κ3) is 3.95. The van der Waals surface area contributed by atoms with Crippen molar-refractivity contribution in [2.24, 2.45) is 5.92 Å². The molecule has 1 saturated heterocycles. The minimum Gasteiger partial charge on any atom is -0.456 e. The van der Waals surface area contributed by atoms with Gasteiger partial charge >= 0.3 is 5.97 Å². The number of rotatable bonds is 3. The molecular weight excluding hydrogens is 433 g/mol. The first-order valence-electron chi connectivity index (χ1n) is 6.79. The van der Waals surface area contributed by atoms with E-state index in [0.29, 0.717) is 11.5 Å². The van der Waals surface area contributed by atoms with Gasteiger partial charge in [0.2, 0.25) is 0 Å². The van der Waals surface area contributed by atoms with E-state index < -0.39 is 5.60 Å². The molecule has 0 aromatic heterocycles. The average Bonchev–Trinajstić information content (AvgIpc) is 2.42. The van der Waals surface area contributed by atoms with Crippen LogP contribution in [-0.4, -0.2) is 24.7 Å². The molecule has 0 saturated carbocycles. The van der Waals surface area contributed by atoms with Crippen molar-refractivity contribution < 1.29 is 9.53 Å². The summed E-state index contributed by atoms with van der Waals surface area (Å²) in [6.07, 6.45) is 2.10. The van der Waals surface area contributed by atoms with Crippen molar-refractivity contribution in [1.29, 1.82) is 0 Å². The molecule has 1 aliphatic heterocycles. The van der Waals surface area contributed by atoms with Gasteiger partial charge in [-0.25, -0.2) is 4.79 Å². The van der Waals surface area contributed by atoms with Gasteiger partial charge in [-0.2, -0.15) is 0 Å². The van der Waals surface area contributed by atoms with Crippen LogP contribution in [0.15, 0.2) is 22.7 Å². The Hall–Kier alpha value is -0.140. The molecule has 5 heteroatoms. The second kappa shape index (κ2) is 6.75. The molecule has 0 spiro atoms. The van der Waals surface area contributed by atoms with Crippen molar-refractivity contribution in [2.45, 2.75) is 32.3 Å². The van der Waals surface area contributed by atoms with Gasteiger partial charge in [0.15, 0.2) is 0 Å². The van der Waals surface area contributed by atoms with Gasteiger partial charge < -0.3 is 10.1 Å². The van der Waals surface area contributed by atoms with Crippen LogP contribution in [0.25, 0.3) is 0 Å². The molecule has 20 heavy (non-hydrogen) atoms. The molecule has 0 radical (unpaired) electrons. The minimum absolute atomic E-state index is 0.251. The largest absolute Gasteiger partial charge is 0.456 e. The molecule has 0 bridgehead atoms. The van der Waals surface area contributed by atoms with Crippen LogP contribution < -0.4 is 5.32 Å². The van der Waals surface area contributed by atoms with Gasteiger partial charge in [0.05, 0.1) is 5.56 Å². The zero-order valence-electron chi connectivity index (χ0n) is 11.7. The maximum atomic E-state index is 12.4. The lowest BCUT2D eigenvalue weighted by Crippen LogP contribution is -2.42. The Kier molecular flexibility index (Phi) is 5.48. The number of hydrogen-bond donors (Lipinski definition) is 1. The first-order chi connectivity index (χ1) is 9.40. The molecule has 0 aliphatic carbocycles. The maximum absolute atomic E-state index is 12.4. The van der Waals surface area contributed by atoms with E-state index in [0.717, 1.165) is 34.0 Å². The molecule has 1 fully saturated rings. The number of esters is 1. The third-order valence-corrected chi connectivity index (χ3v) is 5.19. The third-order valence-electron chi connectivity index (χ3n) is 3.83. The molecule has 0 unspecified atom stereocenters. The Labute approximate surface area is 142 Å². The van der Waals surface area contributed by atoms with E-state index >= 15 is 0 Å². The minimum atomic E-state index is -0.431. The summed E-state index contributed by atoms with van der Waals surface area (Å²) in [4.78, 5) is 12.4. The monoisotopic (exact) mass is 451 g/mol. The van der Waals surface area contributed by atoms with E-state index in [4.69, 9.17) is 4.74 Å². The summed E-state index contributed by atoms with van der Waals surface area (Å²) in [5.41, 5.74) is 0.166. The van der Waals surface area contributed by atoms with Gasteiger partial charge in [-0.15, -0.1) is 0 Å². The quantitative estimate of drug-likeness (QED) is 0.557. The molecule has 2 rings (SSSR count). The van der Waals surface area contributed by atoms with Crippen LogP contribution in [-0.2, 0) is 4.74 Å². The average molecular weight is 452 g/mol. The lowest BCUT2D eigenvalue weighted by molar-refractivity contribution is -0.0369. The summed E-state index contributed by atoms with van der Waals surface area (Å²) in [5, 5.41) is 3.34. The SMILES string of the molecule is CC(C)(OC(=O)c1cc(I)ccc1Br)C1CCNCC1. The molecular formula is C15H19BrINO2. The molecule has 0 amide bonds. The van der Waals surface area contributed by atoms with E-state index in [9.17, 15) is 4.79 Å². The molecule has 3 nitrogen and oxygen atoms in total. The van der Waals surface area contributed by atoms with Crippen LogP contribution in [0.5, 0.6) is 0 Å². The lowest BCUT2D eigenvalue weighted by atomic mass is 9.83. The van der Waals surface area contributed by atoms with E-state index in [2.05, 4.69) is 43.8 Å². The summed E-state index contributed by atoms with van der Waals surface area (Å²) in [6, 6.07) is 5.70. The maximum Gasteiger partial charge on any atom is 0.339 e. The predicted molar refractivity (Wildman–Crippen MR) is 91.9 cm³/mol. The van der Waals surface area contributed by atoms with Crippen LogP contribution in [0.2, 0.25) is 0 Å². The second-order valence-corrected chi connectivity index (χ2v) is 7.74. The number of halogens is 2. The number of hydrogen-bond acceptors (Lipinski definition) is 3. The van der Waals surface area contributed by atoms with Crippen molar-refractivity contribution >= 4 is 44.5 Å². The van der Waals surface area contributed by atoms with E-state index in [1.807, 2.05) is 32.0 Å². The summed E-state index contributed by atoms with van der Waals surface area (Å²) in [6.45, 7) is 6.03. The van der Waals surface area contributed by atoms with E-state index in [1.165, 1.54) is 0 Å². The predicted octanol–water partition coefficient (Wildman–Crippen LogP) is 3.99. The lowest BCUT2D eigenvalue weighted by Gasteiger charge is -2.36. The second-order valence-electron chi connectivity index (χ2n) is 5.64. The van der Waals surface area contributed by atoms with E-state index in [1.54, 1.807) is 0 Å². The normalized spacial score (nSPS) is 17.0. The van der Waals surface area contributed by atoms with Crippen LogP contribution in [0.4, 0.5) is 0 Å². The highest BCUT2D eigenvalue weighted by molar-refractivity contribution is 14.1.